The molecule has 1 fully saturated rings. The van der Waals surface area contributed by atoms with Crippen molar-refractivity contribution in [2.45, 2.75) is 13.0 Å². The molecular weight excluding hydrogens is 276 g/mol. The molecule has 1 aromatic rings. The molecule has 2 N–H and O–H groups in total. The van der Waals surface area contributed by atoms with Crippen molar-refractivity contribution in [1.29, 1.82) is 0 Å². The summed E-state index contributed by atoms with van der Waals surface area (Å²) in [6.45, 7) is 2.30. The Bertz CT molecular complexity index is 537. The zero-order valence-electron chi connectivity index (χ0n) is 11.7. The lowest BCUT2D eigenvalue weighted by Gasteiger charge is -2.14. The Hall–Kier alpha value is -1.50. The molecule has 0 saturated carbocycles. The molecule has 0 aromatic carbocycles. The third kappa shape index (κ3) is 4.56. The Labute approximate surface area is 120 Å². The lowest BCUT2D eigenvalue weighted by atomic mass is 10.1. The molecule has 1 aliphatic rings. The predicted molar refractivity (Wildman–Crippen MR) is 80.6 cm³/mol. The van der Waals surface area contributed by atoms with Crippen LogP contribution in [0.25, 0.3) is 0 Å². The van der Waals surface area contributed by atoms with Gasteiger partial charge in [-0.25, -0.2) is 8.42 Å². The maximum atomic E-state index is 11.4. The van der Waals surface area contributed by atoms with E-state index in [-0.39, 0.29) is 5.92 Å². The summed E-state index contributed by atoms with van der Waals surface area (Å²) in [7, 11) is -1.08. The molecule has 1 aliphatic heterocycles. The van der Waals surface area contributed by atoms with Gasteiger partial charge in [0.15, 0.2) is 15.8 Å². The van der Waals surface area contributed by atoms with Crippen molar-refractivity contribution in [1.82, 2.24) is 15.2 Å². The van der Waals surface area contributed by atoms with E-state index in [0.717, 1.165) is 25.5 Å². The Morgan fingerprint density at radius 3 is 2.70 bits per heavy atom. The third-order valence-electron chi connectivity index (χ3n) is 3.44. The SMILES string of the molecule is CN=C(NCCn1cccc1)NCC1CCS(=O)(=O)C1. The summed E-state index contributed by atoms with van der Waals surface area (Å²) in [4.78, 5) is 4.14. The van der Waals surface area contributed by atoms with Crippen LogP contribution in [0.1, 0.15) is 6.42 Å². The van der Waals surface area contributed by atoms with Crippen LogP contribution in [-0.4, -0.2) is 50.6 Å². The predicted octanol–water partition coefficient (Wildman–Crippen LogP) is 0.0878. The van der Waals surface area contributed by atoms with E-state index in [2.05, 4.69) is 20.2 Å². The van der Waals surface area contributed by atoms with Gasteiger partial charge in [-0.2, -0.15) is 0 Å². The molecule has 7 heteroatoms. The standard InChI is InChI=1S/C13H22N4O2S/c1-14-13(15-5-8-17-6-2-3-7-17)16-10-12-4-9-20(18,19)11-12/h2-3,6-7,12H,4-5,8-11H2,1H3,(H2,14,15,16). The van der Waals surface area contributed by atoms with Gasteiger partial charge in [0.05, 0.1) is 11.5 Å². The first-order valence-corrected chi connectivity index (χ1v) is 8.67. The van der Waals surface area contributed by atoms with Crippen LogP contribution in [0.3, 0.4) is 0 Å². The van der Waals surface area contributed by atoms with Crippen molar-refractivity contribution in [3.63, 3.8) is 0 Å². The van der Waals surface area contributed by atoms with Crippen LogP contribution in [0.2, 0.25) is 0 Å². The molecule has 1 atom stereocenters. The van der Waals surface area contributed by atoms with Crippen LogP contribution >= 0.6 is 0 Å². The molecule has 2 rings (SSSR count). The Balaban J connectivity index is 1.68. The highest BCUT2D eigenvalue weighted by atomic mass is 32.2. The number of rotatable bonds is 5. The largest absolute Gasteiger partial charge is 0.356 e. The minimum Gasteiger partial charge on any atom is -0.356 e. The first kappa shape index (κ1) is 14.9. The van der Waals surface area contributed by atoms with Gasteiger partial charge >= 0.3 is 0 Å². The molecule has 1 saturated heterocycles. The Morgan fingerprint density at radius 1 is 1.35 bits per heavy atom. The van der Waals surface area contributed by atoms with Gasteiger partial charge in [0.1, 0.15) is 0 Å². The number of guanidine groups is 1. The van der Waals surface area contributed by atoms with Gasteiger partial charge in [0.25, 0.3) is 0 Å². The maximum Gasteiger partial charge on any atom is 0.191 e. The quantitative estimate of drug-likeness (QED) is 0.597. The van der Waals surface area contributed by atoms with Crippen LogP contribution in [-0.2, 0) is 16.4 Å². The first-order valence-electron chi connectivity index (χ1n) is 6.85. The van der Waals surface area contributed by atoms with Crippen LogP contribution in [0.5, 0.6) is 0 Å². The molecule has 0 spiro atoms. The summed E-state index contributed by atoms with van der Waals surface area (Å²) in [6.07, 6.45) is 4.78. The molecule has 2 heterocycles. The van der Waals surface area contributed by atoms with Gasteiger partial charge in [-0.1, -0.05) is 0 Å². The van der Waals surface area contributed by atoms with Crippen LogP contribution in [0.4, 0.5) is 0 Å². The highest BCUT2D eigenvalue weighted by Crippen LogP contribution is 2.17. The molecule has 20 heavy (non-hydrogen) atoms. The summed E-state index contributed by atoms with van der Waals surface area (Å²) >= 11 is 0. The summed E-state index contributed by atoms with van der Waals surface area (Å²) in [5.74, 6) is 1.53. The van der Waals surface area contributed by atoms with Gasteiger partial charge in [0.2, 0.25) is 0 Å². The molecule has 0 bridgehead atoms. The monoisotopic (exact) mass is 298 g/mol. The average molecular weight is 298 g/mol. The van der Waals surface area contributed by atoms with E-state index < -0.39 is 9.84 Å². The fourth-order valence-corrected chi connectivity index (χ4v) is 4.18. The fourth-order valence-electron chi connectivity index (χ4n) is 2.32. The summed E-state index contributed by atoms with van der Waals surface area (Å²) in [5, 5.41) is 6.42. The molecular formula is C13H22N4O2S. The number of aliphatic imine (C=N–C) groups is 1. The van der Waals surface area contributed by atoms with E-state index in [9.17, 15) is 8.42 Å². The number of nitrogens with one attached hydrogen (secondary N) is 2. The molecule has 0 radical (unpaired) electrons. The van der Waals surface area contributed by atoms with E-state index in [1.165, 1.54) is 0 Å². The zero-order valence-corrected chi connectivity index (χ0v) is 12.6. The highest BCUT2D eigenvalue weighted by molar-refractivity contribution is 7.91. The highest BCUT2D eigenvalue weighted by Gasteiger charge is 2.27. The normalized spacial score (nSPS) is 21.9. The molecule has 1 unspecified atom stereocenters. The van der Waals surface area contributed by atoms with Crippen molar-refractivity contribution in [3.8, 4) is 0 Å². The molecule has 0 amide bonds. The minimum atomic E-state index is -2.80. The van der Waals surface area contributed by atoms with Crippen molar-refractivity contribution >= 4 is 15.8 Å². The molecule has 1 aromatic heterocycles. The molecule has 6 nitrogen and oxygen atoms in total. The number of nitrogens with zero attached hydrogens (tertiary/aromatic N) is 2. The summed E-state index contributed by atoms with van der Waals surface area (Å²) < 4.78 is 24.9. The second-order valence-corrected chi connectivity index (χ2v) is 7.30. The molecule has 0 aliphatic carbocycles. The van der Waals surface area contributed by atoms with Crippen LogP contribution < -0.4 is 10.6 Å². The van der Waals surface area contributed by atoms with Gasteiger partial charge in [-0.05, 0) is 24.5 Å². The van der Waals surface area contributed by atoms with E-state index in [0.29, 0.717) is 18.1 Å². The van der Waals surface area contributed by atoms with E-state index in [1.807, 2.05) is 24.5 Å². The van der Waals surface area contributed by atoms with Crippen molar-refractivity contribution < 1.29 is 8.42 Å². The van der Waals surface area contributed by atoms with Crippen LogP contribution in [0.15, 0.2) is 29.5 Å². The van der Waals surface area contributed by atoms with Gasteiger partial charge in [0, 0.05) is 39.1 Å². The second kappa shape index (κ2) is 6.78. The fraction of sp³-hybridized carbons (Fsp3) is 0.615. The van der Waals surface area contributed by atoms with Crippen LogP contribution in [0, 0.1) is 5.92 Å². The molecule has 112 valence electrons. The van der Waals surface area contributed by atoms with Gasteiger partial charge < -0.3 is 15.2 Å². The number of aromatic nitrogens is 1. The van der Waals surface area contributed by atoms with Crippen molar-refractivity contribution in [2.75, 3.05) is 31.6 Å². The zero-order chi connectivity index (χ0) is 14.4. The smallest absolute Gasteiger partial charge is 0.191 e. The minimum absolute atomic E-state index is 0.197. The summed E-state index contributed by atoms with van der Waals surface area (Å²) in [6, 6.07) is 3.99. The van der Waals surface area contributed by atoms with E-state index in [4.69, 9.17) is 0 Å². The van der Waals surface area contributed by atoms with Crippen molar-refractivity contribution in [2.24, 2.45) is 10.9 Å². The van der Waals surface area contributed by atoms with E-state index >= 15 is 0 Å². The Kier molecular flexibility index (Phi) is 5.05. The van der Waals surface area contributed by atoms with E-state index in [1.54, 1.807) is 7.05 Å². The second-order valence-electron chi connectivity index (χ2n) is 5.07. The Morgan fingerprint density at radius 2 is 2.10 bits per heavy atom. The number of hydrogen-bond acceptors (Lipinski definition) is 3. The number of hydrogen-bond donors (Lipinski definition) is 2. The average Bonchev–Trinajstić information content (AvgIpc) is 3.03. The number of sulfone groups is 1. The summed E-state index contributed by atoms with van der Waals surface area (Å²) in [5.41, 5.74) is 0. The lowest BCUT2D eigenvalue weighted by molar-refractivity contribution is 0.565. The first-order chi connectivity index (χ1) is 9.59. The van der Waals surface area contributed by atoms with Gasteiger partial charge in [-0.15, -0.1) is 0 Å². The maximum absolute atomic E-state index is 11.4. The topological polar surface area (TPSA) is 75.5 Å². The lowest BCUT2D eigenvalue weighted by Crippen LogP contribution is -2.41. The van der Waals surface area contributed by atoms with Crippen molar-refractivity contribution in [3.05, 3.63) is 24.5 Å². The third-order valence-corrected chi connectivity index (χ3v) is 5.27. The van der Waals surface area contributed by atoms with Gasteiger partial charge in [-0.3, -0.25) is 4.99 Å².